The number of carbonyl (C=O) groups excluding carboxylic acids is 1. The topological polar surface area (TPSA) is 82.6 Å². The van der Waals surface area contributed by atoms with Gasteiger partial charge >= 0.3 is 0 Å². The van der Waals surface area contributed by atoms with Crippen LogP contribution < -0.4 is 5.32 Å². The Morgan fingerprint density at radius 3 is 2.49 bits per heavy atom. The van der Waals surface area contributed by atoms with Crippen LogP contribution >= 0.6 is 0 Å². The van der Waals surface area contributed by atoms with E-state index in [1.165, 1.54) is 9.87 Å². The lowest BCUT2D eigenvalue weighted by molar-refractivity contribution is -0.122. The fourth-order valence-corrected chi connectivity index (χ4v) is 6.96. The summed E-state index contributed by atoms with van der Waals surface area (Å²) >= 11 is 0. The number of nitrogens with zero attached hydrogens (tertiary/aromatic N) is 3. The van der Waals surface area contributed by atoms with Crippen LogP contribution in [0.3, 0.4) is 0 Å². The number of aryl methyl sites for hydroxylation is 2. The summed E-state index contributed by atoms with van der Waals surface area (Å²) in [4.78, 5) is 19.8. The molecule has 5 rings (SSSR count). The number of nitrogens with one attached hydrogen (secondary N) is 1. The Bertz CT molecular complexity index is 1320. The molecule has 1 N–H and O–H groups in total. The van der Waals surface area contributed by atoms with Gasteiger partial charge in [-0.3, -0.25) is 14.7 Å². The largest absolute Gasteiger partial charge is 0.355 e. The van der Waals surface area contributed by atoms with Crippen molar-refractivity contribution in [2.24, 2.45) is 0 Å². The number of rotatable bonds is 5. The van der Waals surface area contributed by atoms with E-state index in [9.17, 15) is 13.2 Å². The predicted octanol–water partition coefficient (Wildman–Crippen LogP) is 3.71. The van der Waals surface area contributed by atoms with Crippen LogP contribution in [0.4, 0.5) is 0 Å². The number of fused-ring (bicyclic) bond motifs is 1. The Kier molecular flexibility index (Phi) is 7.98. The zero-order valence-electron chi connectivity index (χ0n) is 21.1. The van der Waals surface area contributed by atoms with Crippen molar-refractivity contribution in [2.45, 2.75) is 49.6 Å². The van der Waals surface area contributed by atoms with Gasteiger partial charge < -0.3 is 5.32 Å². The number of pyridine rings is 1. The van der Waals surface area contributed by atoms with E-state index in [4.69, 9.17) is 0 Å². The van der Waals surface area contributed by atoms with Gasteiger partial charge in [0.05, 0.1) is 4.90 Å². The zero-order valence-corrected chi connectivity index (χ0v) is 21.9. The first-order valence-corrected chi connectivity index (χ1v) is 14.5. The Hall–Kier alpha value is -3.07. The van der Waals surface area contributed by atoms with Gasteiger partial charge in [-0.25, -0.2) is 8.42 Å². The van der Waals surface area contributed by atoms with E-state index in [1.54, 1.807) is 18.5 Å². The van der Waals surface area contributed by atoms with Crippen LogP contribution in [0.1, 0.15) is 47.6 Å². The molecule has 1 aromatic heterocycles. The fraction of sp³-hybridized carbons (Fsp3) is 0.379. The second-order valence-corrected chi connectivity index (χ2v) is 11.8. The van der Waals surface area contributed by atoms with Gasteiger partial charge in [-0.2, -0.15) is 4.31 Å². The summed E-state index contributed by atoms with van der Waals surface area (Å²) in [6.45, 7) is 2.24. The Morgan fingerprint density at radius 2 is 1.68 bits per heavy atom. The molecule has 1 atom stereocenters. The quantitative estimate of drug-likeness (QED) is 0.557. The highest BCUT2D eigenvalue weighted by atomic mass is 32.2. The second kappa shape index (κ2) is 11.5. The summed E-state index contributed by atoms with van der Waals surface area (Å²) in [5.41, 5.74) is 4.58. The summed E-state index contributed by atoms with van der Waals surface area (Å²) < 4.78 is 28.9. The lowest BCUT2D eigenvalue weighted by atomic mass is 10.0. The molecule has 37 heavy (non-hydrogen) atoms. The smallest absolute Gasteiger partial charge is 0.243 e. The van der Waals surface area contributed by atoms with Gasteiger partial charge in [0.2, 0.25) is 15.9 Å². The van der Waals surface area contributed by atoms with Gasteiger partial charge in [-0.15, -0.1) is 0 Å². The molecule has 0 saturated carbocycles. The van der Waals surface area contributed by atoms with Gasteiger partial charge in [0, 0.05) is 57.6 Å². The SMILES string of the molecule is O=C1CC(c2ccccc2)N(Cc2ccncc2)CCCN(S(=O)(=O)c2ccc3c(c2)CCC3)CCN1. The van der Waals surface area contributed by atoms with Crippen molar-refractivity contribution in [2.75, 3.05) is 26.2 Å². The molecule has 194 valence electrons. The molecule has 1 amide bonds. The van der Waals surface area contributed by atoms with Gasteiger partial charge in [-0.1, -0.05) is 36.4 Å². The minimum Gasteiger partial charge on any atom is -0.355 e. The van der Waals surface area contributed by atoms with Crippen molar-refractivity contribution in [3.63, 3.8) is 0 Å². The lowest BCUT2D eigenvalue weighted by Crippen LogP contribution is -2.39. The van der Waals surface area contributed by atoms with Crippen molar-refractivity contribution in [1.82, 2.24) is 19.5 Å². The molecule has 1 aliphatic carbocycles. The molecule has 7 nitrogen and oxygen atoms in total. The number of hydrogen-bond acceptors (Lipinski definition) is 5. The van der Waals surface area contributed by atoms with Crippen LogP contribution in [0, 0.1) is 0 Å². The van der Waals surface area contributed by atoms with Crippen molar-refractivity contribution in [3.05, 3.63) is 95.3 Å². The number of benzene rings is 2. The summed E-state index contributed by atoms with van der Waals surface area (Å²) in [5.74, 6) is -0.0784. The Balaban J connectivity index is 1.41. The van der Waals surface area contributed by atoms with Crippen molar-refractivity contribution in [1.29, 1.82) is 0 Å². The van der Waals surface area contributed by atoms with E-state index in [2.05, 4.69) is 27.3 Å². The first-order chi connectivity index (χ1) is 18.0. The third kappa shape index (κ3) is 6.09. The lowest BCUT2D eigenvalue weighted by Gasteiger charge is -2.32. The first kappa shape index (κ1) is 25.6. The highest BCUT2D eigenvalue weighted by Gasteiger charge is 2.29. The zero-order chi connectivity index (χ0) is 25.7. The van der Waals surface area contributed by atoms with Gasteiger partial charge in [0.1, 0.15) is 0 Å². The van der Waals surface area contributed by atoms with Crippen LogP contribution in [0.5, 0.6) is 0 Å². The summed E-state index contributed by atoms with van der Waals surface area (Å²) in [6.07, 6.45) is 7.54. The monoisotopic (exact) mass is 518 g/mol. The molecule has 2 aromatic carbocycles. The number of sulfonamides is 1. The van der Waals surface area contributed by atoms with Crippen molar-refractivity contribution < 1.29 is 13.2 Å². The van der Waals surface area contributed by atoms with Gasteiger partial charge in [-0.05, 0) is 72.2 Å². The number of aromatic nitrogens is 1. The van der Waals surface area contributed by atoms with E-state index < -0.39 is 10.0 Å². The molecule has 1 unspecified atom stereocenters. The fourth-order valence-electron chi connectivity index (χ4n) is 5.43. The van der Waals surface area contributed by atoms with Crippen LogP contribution in [0.15, 0.2) is 78.0 Å². The van der Waals surface area contributed by atoms with E-state index >= 15 is 0 Å². The molecule has 2 aliphatic rings. The highest BCUT2D eigenvalue weighted by Crippen LogP contribution is 2.29. The van der Waals surface area contributed by atoms with Gasteiger partial charge in [0.25, 0.3) is 0 Å². The molecule has 1 fully saturated rings. The van der Waals surface area contributed by atoms with E-state index in [1.807, 2.05) is 42.5 Å². The molecule has 0 bridgehead atoms. The normalized spacial score (nSPS) is 20.1. The molecule has 0 radical (unpaired) electrons. The summed E-state index contributed by atoms with van der Waals surface area (Å²) in [6, 6.07) is 19.5. The maximum absolute atomic E-state index is 13.7. The Morgan fingerprint density at radius 1 is 0.892 bits per heavy atom. The number of amides is 1. The average molecular weight is 519 g/mol. The van der Waals surface area contributed by atoms with Crippen LogP contribution in [0.2, 0.25) is 0 Å². The van der Waals surface area contributed by atoms with E-state index in [0.29, 0.717) is 37.4 Å². The van der Waals surface area contributed by atoms with E-state index in [-0.39, 0.29) is 25.0 Å². The minimum absolute atomic E-state index is 0.0784. The number of hydrogen-bond donors (Lipinski definition) is 1. The van der Waals surface area contributed by atoms with Crippen molar-refractivity contribution in [3.8, 4) is 0 Å². The minimum atomic E-state index is -3.67. The molecular weight excluding hydrogens is 484 g/mol. The summed E-state index contributed by atoms with van der Waals surface area (Å²) in [7, 11) is -3.67. The average Bonchev–Trinajstić information content (AvgIpc) is 3.38. The molecule has 1 saturated heterocycles. The van der Waals surface area contributed by atoms with Crippen LogP contribution in [0.25, 0.3) is 0 Å². The maximum Gasteiger partial charge on any atom is 0.243 e. The van der Waals surface area contributed by atoms with Crippen LogP contribution in [-0.4, -0.2) is 54.7 Å². The predicted molar refractivity (Wildman–Crippen MR) is 143 cm³/mol. The molecule has 0 spiro atoms. The molecule has 1 aliphatic heterocycles. The van der Waals surface area contributed by atoms with Crippen LogP contribution in [-0.2, 0) is 34.2 Å². The third-order valence-electron chi connectivity index (χ3n) is 7.38. The third-order valence-corrected chi connectivity index (χ3v) is 9.28. The highest BCUT2D eigenvalue weighted by molar-refractivity contribution is 7.89. The second-order valence-electron chi connectivity index (χ2n) is 9.85. The molecular formula is C29H34N4O3S. The Labute approximate surface area is 219 Å². The number of carbonyl (C=O) groups is 1. The standard InChI is InChI=1S/C29H34N4O3S/c34-29-21-28(25-6-2-1-3-7-25)32(22-23-12-14-30-15-13-23)17-5-18-33(19-16-31-29)37(35,36)27-11-10-24-8-4-9-26(24)20-27/h1-3,6-7,10-15,20,28H,4-5,8-9,16-19,21-22H2,(H,31,34). The van der Waals surface area contributed by atoms with E-state index in [0.717, 1.165) is 36.0 Å². The van der Waals surface area contributed by atoms with Gasteiger partial charge in [0.15, 0.2) is 0 Å². The summed E-state index contributed by atoms with van der Waals surface area (Å²) in [5, 5.41) is 2.98. The van der Waals surface area contributed by atoms with Crippen molar-refractivity contribution >= 4 is 15.9 Å². The first-order valence-electron chi connectivity index (χ1n) is 13.1. The maximum atomic E-state index is 13.7. The molecule has 2 heterocycles. The molecule has 8 heteroatoms. The molecule has 3 aromatic rings.